The van der Waals surface area contributed by atoms with Gasteiger partial charge in [0.05, 0.1) is 7.11 Å². The van der Waals surface area contributed by atoms with Gasteiger partial charge in [0.15, 0.2) is 0 Å². The van der Waals surface area contributed by atoms with E-state index in [1.54, 1.807) is 0 Å². The number of carbonyl (C=O) groups is 1. The highest BCUT2D eigenvalue weighted by Gasteiger charge is 2.54. The van der Waals surface area contributed by atoms with Crippen molar-refractivity contribution >= 4 is 5.97 Å². The topological polar surface area (TPSA) is 41.6 Å². The summed E-state index contributed by atoms with van der Waals surface area (Å²) < 4.78 is 5.18. The number of fused-ring (bicyclic) bond motifs is 2. The smallest absolute Gasteiger partial charge is 0.327 e. The molecule has 3 aliphatic rings. The van der Waals surface area contributed by atoms with Crippen LogP contribution in [-0.4, -0.2) is 48.7 Å². The van der Waals surface area contributed by atoms with E-state index in [0.717, 1.165) is 25.3 Å². The van der Waals surface area contributed by atoms with Crippen molar-refractivity contribution in [2.45, 2.75) is 63.6 Å². The molecule has 0 aromatic carbocycles. The van der Waals surface area contributed by atoms with E-state index >= 15 is 0 Å². The monoisotopic (exact) mass is 280 g/mol. The molecule has 2 aliphatic carbocycles. The Morgan fingerprint density at radius 1 is 1.35 bits per heavy atom. The van der Waals surface area contributed by atoms with Gasteiger partial charge in [-0.1, -0.05) is 0 Å². The maximum Gasteiger partial charge on any atom is 0.327 e. The second-order valence-electron chi connectivity index (χ2n) is 7.30. The molecule has 3 unspecified atom stereocenters. The van der Waals surface area contributed by atoms with Gasteiger partial charge in [-0.15, -0.1) is 0 Å². The van der Waals surface area contributed by atoms with Crippen LogP contribution >= 0.6 is 0 Å². The molecule has 2 saturated carbocycles. The lowest BCUT2D eigenvalue weighted by Crippen LogP contribution is -2.63. The first-order chi connectivity index (χ1) is 9.55. The second-order valence-corrected chi connectivity index (χ2v) is 7.30. The maximum absolute atomic E-state index is 12.5. The minimum absolute atomic E-state index is 0.0588. The number of esters is 1. The number of carbonyl (C=O) groups excluding carboxylic acids is 1. The predicted octanol–water partition coefficient (Wildman–Crippen LogP) is 1.79. The third-order valence-corrected chi connectivity index (χ3v) is 5.35. The third kappa shape index (κ3) is 2.48. The van der Waals surface area contributed by atoms with Crippen molar-refractivity contribution < 1.29 is 9.53 Å². The summed E-state index contributed by atoms with van der Waals surface area (Å²) in [6.45, 7) is 6.26. The lowest BCUT2D eigenvalue weighted by atomic mass is 9.90. The molecule has 1 heterocycles. The number of likely N-dealkylation sites (tertiary alicyclic amines) is 1. The molecule has 3 rings (SSSR count). The fourth-order valence-electron chi connectivity index (χ4n) is 4.40. The molecule has 1 aliphatic heterocycles. The van der Waals surface area contributed by atoms with E-state index in [-0.39, 0.29) is 5.97 Å². The van der Waals surface area contributed by atoms with E-state index in [0.29, 0.717) is 18.0 Å². The molecule has 3 atom stereocenters. The minimum Gasteiger partial charge on any atom is -0.468 e. The zero-order valence-electron chi connectivity index (χ0n) is 13.0. The van der Waals surface area contributed by atoms with Crippen molar-refractivity contribution in [3.63, 3.8) is 0 Å². The molecule has 0 aromatic rings. The summed E-state index contributed by atoms with van der Waals surface area (Å²) in [6.07, 6.45) is 6.33. The van der Waals surface area contributed by atoms with E-state index in [1.165, 1.54) is 32.9 Å². The molecule has 3 fully saturated rings. The summed E-state index contributed by atoms with van der Waals surface area (Å²) in [4.78, 5) is 15.1. The average molecular weight is 280 g/mol. The number of ether oxygens (including phenoxy) is 1. The largest absolute Gasteiger partial charge is 0.468 e. The van der Waals surface area contributed by atoms with Crippen LogP contribution in [0.15, 0.2) is 0 Å². The molecule has 0 amide bonds. The normalized spacial score (nSPS) is 32.6. The Morgan fingerprint density at radius 3 is 2.55 bits per heavy atom. The Bertz CT molecular complexity index is 381. The lowest BCUT2D eigenvalue weighted by Gasteiger charge is -2.40. The fourth-order valence-corrected chi connectivity index (χ4v) is 4.40. The van der Waals surface area contributed by atoms with E-state index in [2.05, 4.69) is 24.1 Å². The first kappa shape index (κ1) is 14.3. The van der Waals surface area contributed by atoms with Crippen molar-refractivity contribution in [2.75, 3.05) is 20.2 Å². The molecule has 20 heavy (non-hydrogen) atoms. The van der Waals surface area contributed by atoms with Crippen LogP contribution in [0.5, 0.6) is 0 Å². The van der Waals surface area contributed by atoms with Crippen molar-refractivity contribution in [3.8, 4) is 0 Å². The maximum atomic E-state index is 12.5. The van der Waals surface area contributed by atoms with Gasteiger partial charge in [-0.05, 0) is 57.8 Å². The first-order valence-corrected chi connectivity index (χ1v) is 8.15. The van der Waals surface area contributed by atoms with E-state index in [1.807, 2.05) is 0 Å². The summed E-state index contributed by atoms with van der Waals surface area (Å²) in [7, 11) is 1.53. The molecule has 4 heteroatoms. The van der Waals surface area contributed by atoms with Gasteiger partial charge in [-0.3, -0.25) is 10.2 Å². The van der Waals surface area contributed by atoms with Crippen LogP contribution in [0.1, 0.15) is 46.0 Å². The second kappa shape index (κ2) is 5.30. The van der Waals surface area contributed by atoms with Crippen LogP contribution in [-0.2, 0) is 9.53 Å². The molecule has 0 spiro atoms. The van der Waals surface area contributed by atoms with Gasteiger partial charge >= 0.3 is 5.97 Å². The van der Waals surface area contributed by atoms with Gasteiger partial charge in [0.1, 0.15) is 5.54 Å². The van der Waals surface area contributed by atoms with Crippen LogP contribution in [0.25, 0.3) is 0 Å². The van der Waals surface area contributed by atoms with Gasteiger partial charge in [-0.2, -0.15) is 0 Å². The van der Waals surface area contributed by atoms with Crippen molar-refractivity contribution in [2.24, 2.45) is 11.8 Å². The summed E-state index contributed by atoms with van der Waals surface area (Å²) in [5.41, 5.74) is -0.479. The van der Waals surface area contributed by atoms with Crippen LogP contribution < -0.4 is 5.32 Å². The van der Waals surface area contributed by atoms with Gasteiger partial charge in [0.25, 0.3) is 0 Å². The number of nitrogens with one attached hydrogen (secondary N) is 1. The molecular weight excluding hydrogens is 252 g/mol. The number of hydrogen-bond donors (Lipinski definition) is 1. The van der Waals surface area contributed by atoms with Crippen molar-refractivity contribution in [3.05, 3.63) is 0 Å². The molecule has 1 saturated heterocycles. The summed E-state index contributed by atoms with van der Waals surface area (Å²) in [5.74, 6) is 1.27. The van der Waals surface area contributed by atoms with Crippen molar-refractivity contribution in [1.29, 1.82) is 0 Å². The van der Waals surface area contributed by atoms with Crippen molar-refractivity contribution in [1.82, 2.24) is 10.2 Å². The Kier molecular flexibility index (Phi) is 3.80. The molecule has 2 bridgehead atoms. The fraction of sp³-hybridized carbons (Fsp3) is 0.938. The number of piperidine rings is 1. The Morgan fingerprint density at radius 2 is 2.10 bits per heavy atom. The van der Waals surface area contributed by atoms with Gasteiger partial charge < -0.3 is 4.74 Å². The zero-order valence-corrected chi connectivity index (χ0v) is 13.0. The van der Waals surface area contributed by atoms with Crippen LogP contribution in [0, 0.1) is 11.8 Å². The quantitative estimate of drug-likeness (QED) is 0.753. The van der Waals surface area contributed by atoms with E-state index < -0.39 is 5.54 Å². The van der Waals surface area contributed by atoms with Crippen LogP contribution in [0.3, 0.4) is 0 Å². The third-order valence-electron chi connectivity index (χ3n) is 5.35. The van der Waals surface area contributed by atoms with Gasteiger partial charge in [0, 0.05) is 25.2 Å². The standard InChI is InChI=1S/C16H28N2O2/c1-11(2)17-16(13-5-6-13,15(19)20-3)10-18-9-12-4-7-14(18)8-12/h11-14,17H,4-10H2,1-3H3. The number of methoxy groups -OCH3 is 1. The van der Waals surface area contributed by atoms with E-state index in [9.17, 15) is 4.79 Å². The molecule has 4 nitrogen and oxygen atoms in total. The van der Waals surface area contributed by atoms with E-state index in [4.69, 9.17) is 4.74 Å². The van der Waals surface area contributed by atoms with Crippen LogP contribution in [0.2, 0.25) is 0 Å². The summed E-state index contributed by atoms with van der Waals surface area (Å²) in [5, 5.41) is 3.58. The Hall–Kier alpha value is -0.610. The predicted molar refractivity (Wildman–Crippen MR) is 78.4 cm³/mol. The highest BCUT2D eigenvalue weighted by atomic mass is 16.5. The number of nitrogens with zero attached hydrogens (tertiary/aromatic N) is 1. The zero-order chi connectivity index (χ0) is 14.3. The summed E-state index contributed by atoms with van der Waals surface area (Å²) in [6, 6.07) is 1.01. The first-order valence-electron chi connectivity index (χ1n) is 8.15. The van der Waals surface area contributed by atoms with Crippen LogP contribution in [0.4, 0.5) is 0 Å². The Balaban J connectivity index is 1.78. The molecule has 0 aromatic heterocycles. The summed E-state index contributed by atoms with van der Waals surface area (Å²) >= 11 is 0. The highest BCUT2D eigenvalue weighted by molar-refractivity contribution is 5.82. The molecule has 114 valence electrons. The Labute approximate surface area is 122 Å². The average Bonchev–Trinajstić information content (AvgIpc) is 3.08. The number of hydrogen-bond acceptors (Lipinski definition) is 4. The van der Waals surface area contributed by atoms with Gasteiger partial charge in [0.2, 0.25) is 0 Å². The minimum atomic E-state index is -0.479. The molecule has 1 N–H and O–H groups in total. The lowest BCUT2D eigenvalue weighted by molar-refractivity contribution is -0.151. The highest BCUT2D eigenvalue weighted by Crippen LogP contribution is 2.44. The molecular formula is C16H28N2O2. The van der Waals surface area contributed by atoms with Gasteiger partial charge in [-0.25, -0.2) is 4.79 Å². The number of rotatable bonds is 6. The SMILES string of the molecule is COC(=O)C(CN1CC2CCC1C2)(NC(C)C)C1CC1. The molecule has 0 radical (unpaired) electrons.